The second-order valence-electron chi connectivity index (χ2n) is 4.80. The first-order valence-corrected chi connectivity index (χ1v) is 6.65. The minimum absolute atomic E-state index is 0.104. The first-order valence-electron chi connectivity index (χ1n) is 6.65. The van der Waals surface area contributed by atoms with E-state index in [4.69, 9.17) is 10.8 Å². The average Bonchev–Trinajstić information content (AvgIpc) is 2.38. The molecule has 0 aliphatic rings. The predicted octanol–water partition coefficient (Wildman–Crippen LogP) is 3.36. The van der Waals surface area contributed by atoms with Gasteiger partial charge in [-0.1, -0.05) is 38.1 Å². The highest BCUT2D eigenvalue weighted by atomic mass is 16.2. The lowest BCUT2D eigenvalue weighted by Crippen LogP contribution is -2.10. The monoisotopic (exact) mass is 235 g/mol. The third kappa shape index (κ3) is 4.49. The topological polar surface area (TPSA) is 46.2 Å². The highest BCUT2D eigenvalue weighted by Crippen LogP contribution is 2.22. The van der Waals surface area contributed by atoms with Crippen molar-refractivity contribution < 1.29 is 5.11 Å². The molecule has 0 fully saturated rings. The molecular weight excluding hydrogens is 210 g/mol. The molecule has 96 valence electrons. The summed E-state index contributed by atoms with van der Waals surface area (Å²) in [4.78, 5) is 0. The minimum Gasteiger partial charge on any atom is -0.396 e. The van der Waals surface area contributed by atoms with Crippen molar-refractivity contribution in [2.45, 2.75) is 51.5 Å². The highest BCUT2D eigenvalue weighted by Gasteiger charge is 2.07. The molecule has 2 heteroatoms. The molecule has 0 amide bonds. The van der Waals surface area contributed by atoms with Crippen LogP contribution in [0.25, 0.3) is 0 Å². The molecule has 1 rings (SSSR count). The molecule has 0 bridgehead atoms. The molecule has 0 radical (unpaired) electrons. The number of hydrogen-bond acceptors (Lipinski definition) is 2. The number of hydrogen-bond donors (Lipinski definition) is 2. The Labute approximate surface area is 105 Å². The number of nitrogens with two attached hydrogens (primary N) is 1. The Morgan fingerprint density at radius 2 is 1.71 bits per heavy atom. The third-order valence-electron chi connectivity index (χ3n) is 3.47. The average molecular weight is 235 g/mol. The normalized spacial score (nSPS) is 14.6. The summed E-state index contributed by atoms with van der Waals surface area (Å²) in [6.45, 7) is 4.72. The summed E-state index contributed by atoms with van der Waals surface area (Å²) in [5.74, 6) is 0.620. The summed E-state index contributed by atoms with van der Waals surface area (Å²) < 4.78 is 0. The maximum atomic E-state index is 8.73. The summed E-state index contributed by atoms with van der Waals surface area (Å²) in [7, 11) is 0. The molecular formula is C15H25NO. The maximum absolute atomic E-state index is 8.73. The zero-order chi connectivity index (χ0) is 12.7. The van der Waals surface area contributed by atoms with Crippen LogP contribution in [0.3, 0.4) is 0 Å². The van der Waals surface area contributed by atoms with Crippen molar-refractivity contribution in [3.05, 3.63) is 35.4 Å². The SMILES string of the molecule is CCC(C)c1ccc(C(N)CCCCO)cc1. The van der Waals surface area contributed by atoms with Gasteiger partial charge >= 0.3 is 0 Å². The molecule has 0 aliphatic heterocycles. The van der Waals surface area contributed by atoms with Gasteiger partial charge in [-0.15, -0.1) is 0 Å². The molecule has 2 nitrogen and oxygen atoms in total. The molecule has 2 unspecified atom stereocenters. The van der Waals surface area contributed by atoms with E-state index in [0.29, 0.717) is 5.92 Å². The van der Waals surface area contributed by atoms with Gasteiger partial charge in [-0.3, -0.25) is 0 Å². The van der Waals surface area contributed by atoms with E-state index in [1.54, 1.807) is 0 Å². The molecule has 0 heterocycles. The smallest absolute Gasteiger partial charge is 0.0431 e. The molecule has 17 heavy (non-hydrogen) atoms. The van der Waals surface area contributed by atoms with E-state index in [9.17, 15) is 0 Å². The van der Waals surface area contributed by atoms with Crippen LogP contribution in [0.1, 0.15) is 62.6 Å². The second-order valence-corrected chi connectivity index (χ2v) is 4.80. The standard InChI is InChI=1S/C15H25NO/c1-3-12(2)13-7-9-14(10-8-13)15(16)6-4-5-11-17/h7-10,12,15,17H,3-6,11,16H2,1-2H3. The lowest BCUT2D eigenvalue weighted by molar-refractivity contribution is 0.281. The Bertz CT molecular complexity index is 307. The zero-order valence-electron chi connectivity index (χ0n) is 11.0. The molecule has 2 atom stereocenters. The fraction of sp³-hybridized carbons (Fsp3) is 0.600. The van der Waals surface area contributed by atoms with Gasteiger partial charge in [-0.25, -0.2) is 0 Å². The number of rotatable bonds is 7. The third-order valence-corrected chi connectivity index (χ3v) is 3.47. The van der Waals surface area contributed by atoms with Gasteiger partial charge in [0.15, 0.2) is 0 Å². The van der Waals surface area contributed by atoms with E-state index in [0.717, 1.165) is 19.3 Å². The summed E-state index contributed by atoms with van der Waals surface area (Å²) in [5, 5.41) is 8.73. The van der Waals surface area contributed by atoms with Crippen LogP contribution in [-0.2, 0) is 0 Å². The van der Waals surface area contributed by atoms with Crippen molar-refractivity contribution in [1.82, 2.24) is 0 Å². The van der Waals surface area contributed by atoms with Crippen LogP contribution in [-0.4, -0.2) is 11.7 Å². The zero-order valence-corrected chi connectivity index (χ0v) is 11.0. The van der Waals surface area contributed by atoms with Gasteiger partial charge in [-0.05, 0) is 42.7 Å². The van der Waals surface area contributed by atoms with Gasteiger partial charge < -0.3 is 10.8 Å². The molecule has 0 spiro atoms. The van der Waals surface area contributed by atoms with Crippen LogP contribution in [0.5, 0.6) is 0 Å². The van der Waals surface area contributed by atoms with Crippen molar-refractivity contribution in [2.75, 3.05) is 6.61 Å². The first kappa shape index (κ1) is 14.2. The number of unbranched alkanes of at least 4 members (excludes halogenated alkanes) is 1. The lowest BCUT2D eigenvalue weighted by atomic mass is 9.95. The number of aliphatic hydroxyl groups excluding tert-OH is 1. The Morgan fingerprint density at radius 3 is 2.24 bits per heavy atom. The molecule has 0 aliphatic carbocycles. The molecule has 0 aromatic heterocycles. The van der Waals surface area contributed by atoms with Crippen molar-refractivity contribution >= 4 is 0 Å². The quantitative estimate of drug-likeness (QED) is 0.712. The second kappa shape index (κ2) is 7.46. The largest absolute Gasteiger partial charge is 0.396 e. The van der Waals surface area contributed by atoms with Crippen LogP contribution < -0.4 is 5.73 Å². The van der Waals surface area contributed by atoms with E-state index >= 15 is 0 Å². The molecule has 0 saturated carbocycles. The van der Waals surface area contributed by atoms with Crippen LogP contribution in [0.4, 0.5) is 0 Å². The fourth-order valence-corrected chi connectivity index (χ4v) is 1.95. The van der Waals surface area contributed by atoms with Crippen LogP contribution in [0.2, 0.25) is 0 Å². The molecule has 1 aromatic rings. The van der Waals surface area contributed by atoms with Gasteiger partial charge in [0.25, 0.3) is 0 Å². The Balaban J connectivity index is 2.54. The van der Waals surface area contributed by atoms with Crippen molar-refractivity contribution in [2.24, 2.45) is 5.73 Å². The summed E-state index contributed by atoms with van der Waals surface area (Å²) in [6, 6.07) is 8.77. The van der Waals surface area contributed by atoms with Crippen molar-refractivity contribution in [1.29, 1.82) is 0 Å². The van der Waals surface area contributed by atoms with Crippen LogP contribution in [0, 0.1) is 0 Å². The maximum Gasteiger partial charge on any atom is 0.0431 e. The van der Waals surface area contributed by atoms with Gasteiger partial charge in [-0.2, -0.15) is 0 Å². The Kier molecular flexibility index (Phi) is 6.23. The van der Waals surface area contributed by atoms with Gasteiger partial charge in [0.1, 0.15) is 0 Å². The van der Waals surface area contributed by atoms with Gasteiger partial charge in [0.2, 0.25) is 0 Å². The van der Waals surface area contributed by atoms with E-state index in [1.807, 2.05) is 0 Å². The van der Waals surface area contributed by atoms with Crippen LogP contribution in [0.15, 0.2) is 24.3 Å². The highest BCUT2D eigenvalue weighted by molar-refractivity contribution is 5.26. The van der Waals surface area contributed by atoms with E-state index in [1.165, 1.54) is 17.5 Å². The summed E-state index contributed by atoms with van der Waals surface area (Å²) >= 11 is 0. The molecule has 0 saturated heterocycles. The minimum atomic E-state index is 0.104. The number of aliphatic hydroxyl groups is 1. The number of benzene rings is 1. The summed E-state index contributed by atoms with van der Waals surface area (Å²) in [5.41, 5.74) is 8.70. The Morgan fingerprint density at radius 1 is 1.12 bits per heavy atom. The van der Waals surface area contributed by atoms with Crippen LogP contribution >= 0.6 is 0 Å². The summed E-state index contributed by atoms with van der Waals surface area (Å²) in [6.07, 6.45) is 3.95. The lowest BCUT2D eigenvalue weighted by Gasteiger charge is -2.14. The Hall–Kier alpha value is -0.860. The fourth-order valence-electron chi connectivity index (χ4n) is 1.95. The van der Waals surface area contributed by atoms with Gasteiger partial charge in [0, 0.05) is 12.6 Å². The van der Waals surface area contributed by atoms with E-state index in [-0.39, 0.29) is 12.6 Å². The van der Waals surface area contributed by atoms with Gasteiger partial charge in [0.05, 0.1) is 0 Å². The van der Waals surface area contributed by atoms with E-state index in [2.05, 4.69) is 38.1 Å². The first-order chi connectivity index (χ1) is 8.19. The molecule has 3 N–H and O–H groups in total. The van der Waals surface area contributed by atoms with Crippen molar-refractivity contribution in [3.63, 3.8) is 0 Å². The predicted molar refractivity (Wildman–Crippen MR) is 73.0 cm³/mol. The van der Waals surface area contributed by atoms with E-state index < -0.39 is 0 Å². The van der Waals surface area contributed by atoms with Crippen molar-refractivity contribution in [3.8, 4) is 0 Å². The molecule has 1 aromatic carbocycles.